The summed E-state index contributed by atoms with van der Waals surface area (Å²) in [5.74, 6) is -0.935. The lowest BCUT2D eigenvalue weighted by Crippen LogP contribution is -2.03. The van der Waals surface area contributed by atoms with Crippen molar-refractivity contribution in [3.05, 3.63) is 39.9 Å². The van der Waals surface area contributed by atoms with E-state index in [0.29, 0.717) is 5.69 Å². The maximum Gasteiger partial charge on any atom is 0.337 e. The van der Waals surface area contributed by atoms with Gasteiger partial charge in [-0.3, -0.25) is 0 Å². The summed E-state index contributed by atoms with van der Waals surface area (Å²) in [7, 11) is 0. The average molecular weight is 276 g/mol. The Morgan fingerprint density at radius 2 is 2.16 bits per heavy atom. The van der Waals surface area contributed by atoms with Crippen LogP contribution in [0.4, 0.5) is 10.8 Å². The van der Waals surface area contributed by atoms with E-state index in [1.54, 1.807) is 23.5 Å². The Labute approximate surface area is 116 Å². The molecule has 0 fully saturated rings. The Kier molecular flexibility index (Phi) is 3.85. The van der Waals surface area contributed by atoms with Crippen molar-refractivity contribution >= 4 is 28.1 Å². The molecule has 0 atom stereocenters. The van der Waals surface area contributed by atoms with Crippen molar-refractivity contribution in [1.29, 1.82) is 0 Å². The third-order valence-corrected chi connectivity index (χ3v) is 3.80. The zero-order valence-electron chi connectivity index (χ0n) is 11.2. The van der Waals surface area contributed by atoms with Gasteiger partial charge in [0.25, 0.3) is 0 Å². The number of benzene rings is 1. The smallest absolute Gasteiger partial charge is 0.337 e. The quantitative estimate of drug-likeness (QED) is 0.892. The van der Waals surface area contributed by atoms with Crippen LogP contribution in [0.5, 0.6) is 0 Å². The summed E-state index contributed by atoms with van der Waals surface area (Å²) >= 11 is 1.54. The second kappa shape index (κ2) is 5.40. The minimum absolute atomic E-state index is 0.269. The molecule has 19 heavy (non-hydrogen) atoms. The molecule has 0 spiro atoms. The van der Waals surface area contributed by atoms with Gasteiger partial charge in [-0.05, 0) is 32.4 Å². The van der Waals surface area contributed by atoms with Crippen LogP contribution in [-0.4, -0.2) is 16.1 Å². The van der Waals surface area contributed by atoms with Crippen LogP contribution in [-0.2, 0) is 6.42 Å². The molecule has 0 aliphatic heterocycles. The molecule has 0 aliphatic rings. The molecule has 2 aromatic rings. The lowest BCUT2D eigenvalue weighted by atomic mass is 10.1. The highest BCUT2D eigenvalue weighted by atomic mass is 32.1. The van der Waals surface area contributed by atoms with Gasteiger partial charge in [0.1, 0.15) is 0 Å². The van der Waals surface area contributed by atoms with E-state index in [-0.39, 0.29) is 5.56 Å². The first-order valence-corrected chi connectivity index (χ1v) is 6.90. The van der Waals surface area contributed by atoms with Gasteiger partial charge in [-0.25, -0.2) is 9.78 Å². The minimum Gasteiger partial charge on any atom is -0.478 e. The summed E-state index contributed by atoms with van der Waals surface area (Å²) in [5, 5.41) is 13.1. The van der Waals surface area contributed by atoms with E-state index in [1.807, 2.05) is 19.9 Å². The highest BCUT2D eigenvalue weighted by molar-refractivity contribution is 7.15. The first-order chi connectivity index (χ1) is 9.01. The van der Waals surface area contributed by atoms with Crippen LogP contribution < -0.4 is 5.32 Å². The molecule has 0 saturated carbocycles. The fourth-order valence-electron chi connectivity index (χ4n) is 1.87. The van der Waals surface area contributed by atoms with Crippen LogP contribution in [0.25, 0.3) is 0 Å². The van der Waals surface area contributed by atoms with Gasteiger partial charge in [0.05, 0.1) is 16.9 Å². The zero-order chi connectivity index (χ0) is 14.0. The number of aromatic carboxylic acids is 1. The Hall–Kier alpha value is -1.88. The molecule has 0 saturated heterocycles. The van der Waals surface area contributed by atoms with Crippen molar-refractivity contribution in [2.24, 2.45) is 0 Å². The third kappa shape index (κ3) is 2.93. The van der Waals surface area contributed by atoms with Crippen molar-refractivity contribution in [1.82, 2.24) is 4.98 Å². The number of carboxylic acid groups (broad SMARTS) is 1. The van der Waals surface area contributed by atoms with Crippen LogP contribution in [0.2, 0.25) is 0 Å². The molecule has 1 aromatic carbocycles. The van der Waals surface area contributed by atoms with Gasteiger partial charge in [-0.1, -0.05) is 18.6 Å². The number of aromatic nitrogens is 1. The molecule has 0 radical (unpaired) electrons. The van der Waals surface area contributed by atoms with Gasteiger partial charge >= 0.3 is 5.97 Å². The van der Waals surface area contributed by atoms with Gasteiger partial charge in [0, 0.05) is 4.88 Å². The van der Waals surface area contributed by atoms with Crippen LogP contribution in [0.3, 0.4) is 0 Å². The maximum absolute atomic E-state index is 11.2. The molecule has 1 heterocycles. The predicted octanol–water partition coefficient (Wildman–Crippen LogP) is 3.76. The number of anilines is 2. The van der Waals surface area contributed by atoms with Crippen molar-refractivity contribution in [3.8, 4) is 0 Å². The molecular formula is C14H16N2O2S. The summed E-state index contributed by atoms with van der Waals surface area (Å²) in [4.78, 5) is 16.9. The summed E-state index contributed by atoms with van der Waals surface area (Å²) < 4.78 is 0. The van der Waals surface area contributed by atoms with E-state index in [9.17, 15) is 9.90 Å². The molecule has 0 amide bonds. The van der Waals surface area contributed by atoms with Gasteiger partial charge in [-0.2, -0.15) is 0 Å². The van der Waals surface area contributed by atoms with Crippen molar-refractivity contribution in [2.75, 3.05) is 5.32 Å². The lowest BCUT2D eigenvalue weighted by Gasteiger charge is -2.07. The van der Waals surface area contributed by atoms with Gasteiger partial charge < -0.3 is 10.4 Å². The average Bonchev–Trinajstić information content (AvgIpc) is 2.71. The third-order valence-electron chi connectivity index (χ3n) is 2.87. The van der Waals surface area contributed by atoms with E-state index in [1.165, 1.54) is 0 Å². The summed E-state index contributed by atoms with van der Waals surface area (Å²) in [6.45, 7) is 5.95. The molecule has 100 valence electrons. The van der Waals surface area contributed by atoms with Gasteiger partial charge in [-0.15, -0.1) is 11.3 Å². The normalized spacial score (nSPS) is 10.5. The monoisotopic (exact) mass is 276 g/mol. The van der Waals surface area contributed by atoms with Crippen molar-refractivity contribution < 1.29 is 9.90 Å². The van der Waals surface area contributed by atoms with E-state index < -0.39 is 5.97 Å². The maximum atomic E-state index is 11.2. The highest BCUT2D eigenvalue weighted by Gasteiger charge is 2.12. The molecule has 4 nitrogen and oxygen atoms in total. The molecule has 0 bridgehead atoms. The second-order valence-electron chi connectivity index (χ2n) is 4.35. The van der Waals surface area contributed by atoms with Gasteiger partial charge in [0.2, 0.25) is 0 Å². The van der Waals surface area contributed by atoms with E-state index in [4.69, 9.17) is 0 Å². The van der Waals surface area contributed by atoms with Crippen molar-refractivity contribution in [3.63, 3.8) is 0 Å². The number of carbonyl (C=O) groups is 1. The predicted molar refractivity (Wildman–Crippen MR) is 77.7 cm³/mol. The van der Waals surface area contributed by atoms with Crippen LogP contribution in [0.1, 0.15) is 33.4 Å². The molecular weight excluding hydrogens is 260 g/mol. The zero-order valence-corrected chi connectivity index (χ0v) is 12.0. The Morgan fingerprint density at radius 1 is 1.42 bits per heavy atom. The van der Waals surface area contributed by atoms with Gasteiger partial charge in [0.15, 0.2) is 5.13 Å². The molecule has 0 unspecified atom stereocenters. The molecule has 2 rings (SSSR count). The number of nitrogens with zero attached hydrogens (tertiary/aromatic N) is 1. The first kappa shape index (κ1) is 13.5. The number of aryl methyl sites for hydroxylation is 3. The molecule has 5 heteroatoms. The molecule has 2 N–H and O–H groups in total. The molecule has 1 aromatic heterocycles. The number of carboxylic acids is 1. The van der Waals surface area contributed by atoms with E-state index >= 15 is 0 Å². The Bertz CT molecular complexity index is 620. The summed E-state index contributed by atoms with van der Waals surface area (Å²) in [6, 6.07) is 5.32. The fourth-order valence-corrected chi connectivity index (χ4v) is 2.78. The van der Waals surface area contributed by atoms with Crippen LogP contribution in [0.15, 0.2) is 18.2 Å². The summed E-state index contributed by atoms with van der Waals surface area (Å²) in [5.41, 5.74) is 2.82. The van der Waals surface area contributed by atoms with Crippen molar-refractivity contribution in [2.45, 2.75) is 27.2 Å². The topological polar surface area (TPSA) is 62.2 Å². The standard InChI is InChI=1S/C14H16N2O2S/c1-4-11-9(3)19-14(15-11)16-12-6-5-8(2)7-10(12)13(17)18/h5-7H,4H2,1-3H3,(H,15,16)(H,17,18). The van der Waals surface area contributed by atoms with E-state index in [0.717, 1.165) is 27.7 Å². The second-order valence-corrected chi connectivity index (χ2v) is 5.56. The first-order valence-electron chi connectivity index (χ1n) is 6.08. The Balaban J connectivity index is 2.34. The fraction of sp³-hybridized carbons (Fsp3) is 0.286. The lowest BCUT2D eigenvalue weighted by molar-refractivity contribution is 0.0698. The minimum atomic E-state index is -0.935. The number of hydrogen-bond acceptors (Lipinski definition) is 4. The van der Waals surface area contributed by atoms with E-state index in [2.05, 4.69) is 17.2 Å². The number of rotatable bonds is 4. The SMILES string of the molecule is CCc1nc(Nc2ccc(C)cc2C(=O)O)sc1C. The van der Waals surface area contributed by atoms with Crippen LogP contribution in [0, 0.1) is 13.8 Å². The molecule has 0 aliphatic carbocycles. The Morgan fingerprint density at radius 3 is 2.74 bits per heavy atom. The number of nitrogens with one attached hydrogen (secondary N) is 1. The highest BCUT2D eigenvalue weighted by Crippen LogP contribution is 2.27. The number of hydrogen-bond donors (Lipinski definition) is 2. The summed E-state index contributed by atoms with van der Waals surface area (Å²) in [6.07, 6.45) is 0.879. The van der Waals surface area contributed by atoms with Crippen LogP contribution >= 0.6 is 11.3 Å². The largest absolute Gasteiger partial charge is 0.478 e. The number of thiazole rings is 1.